The Balaban J connectivity index is 6.26. The van der Waals surface area contributed by atoms with Gasteiger partial charge in [0.25, 0.3) is 0 Å². The molecule has 0 heterocycles. The standard InChI is InChI=1S/C20H36O4/c1-8-10-12-14(13-11-9-2)20(6,7)16(19(3,4)5)15(17(21)22)18(23)24/h14H,8-13H2,1-7H3,(H,21,22)(H,23,24). The van der Waals surface area contributed by atoms with Gasteiger partial charge in [-0.15, -0.1) is 0 Å². The van der Waals surface area contributed by atoms with E-state index in [1.54, 1.807) is 0 Å². The topological polar surface area (TPSA) is 74.6 Å². The summed E-state index contributed by atoms with van der Waals surface area (Å²) in [6.45, 7) is 14.1. The van der Waals surface area contributed by atoms with Crippen LogP contribution in [-0.2, 0) is 9.59 Å². The molecular weight excluding hydrogens is 304 g/mol. The van der Waals surface area contributed by atoms with Crippen LogP contribution >= 0.6 is 0 Å². The number of hydrogen-bond donors (Lipinski definition) is 2. The molecule has 0 unspecified atom stereocenters. The van der Waals surface area contributed by atoms with Crippen molar-refractivity contribution >= 4 is 11.9 Å². The zero-order valence-electron chi connectivity index (χ0n) is 16.5. The number of allylic oxidation sites excluding steroid dienone is 1. The highest BCUT2D eigenvalue weighted by Gasteiger charge is 2.42. The van der Waals surface area contributed by atoms with Crippen molar-refractivity contribution < 1.29 is 19.8 Å². The SMILES string of the molecule is CCCCC(CCCC)C(C)(C)C(=C(C(=O)O)C(=O)O)C(C)(C)C. The third kappa shape index (κ3) is 5.95. The van der Waals surface area contributed by atoms with Crippen molar-refractivity contribution in [2.45, 2.75) is 87.0 Å². The molecule has 0 aromatic rings. The number of carboxylic acids is 2. The van der Waals surface area contributed by atoms with Crippen LogP contribution in [0.15, 0.2) is 11.1 Å². The molecule has 4 nitrogen and oxygen atoms in total. The van der Waals surface area contributed by atoms with Gasteiger partial charge in [0.05, 0.1) is 0 Å². The molecule has 0 amide bonds. The highest BCUT2D eigenvalue weighted by atomic mass is 16.4. The minimum atomic E-state index is -1.34. The first kappa shape index (κ1) is 22.7. The van der Waals surface area contributed by atoms with Crippen LogP contribution in [0.2, 0.25) is 0 Å². The van der Waals surface area contributed by atoms with Gasteiger partial charge in [-0.25, -0.2) is 9.59 Å². The van der Waals surface area contributed by atoms with Crippen LogP contribution in [0.3, 0.4) is 0 Å². The van der Waals surface area contributed by atoms with Gasteiger partial charge in [0, 0.05) is 0 Å². The van der Waals surface area contributed by atoms with Crippen molar-refractivity contribution in [1.82, 2.24) is 0 Å². The van der Waals surface area contributed by atoms with E-state index in [2.05, 4.69) is 13.8 Å². The third-order valence-electron chi connectivity index (χ3n) is 4.90. The van der Waals surface area contributed by atoms with Gasteiger partial charge in [-0.05, 0) is 35.2 Å². The molecule has 140 valence electrons. The molecule has 0 atom stereocenters. The minimum absolute atomic E-state index is 0.278. The molecule has 0 rings (SSSR count). The maximum Gasteiger partial charge on any atom is 0.343 e. The first-order chi connectivity index (χ1) is 10.9. The fraction of sp³-hybridized carbons (Fsp3) is 0.800. The summed E-state index contributed by atoms with van der Waals surface area (Å²) in [5.41, 5.74) is -0.904. The lowest BCUT2D eigenvalue weighted by Crippen LogP contribution is -2.36. The van der Waals surface area contributed by atoms with Gasteiger partial charge in [-0.1, -0.05) is 74.1 Å². The average molecular weight is 341 g/mol. The lowest BCUT2D eigenvalue weighted by atomic mass is 9.61. The van der Waals surface area contributed by atoms with Gasteiger partial charge >= 0.3 is 11.9 Å². The summed E-state index contributed by atoms with van der Waals surface area (Å²) in [7, 11) is 0. The molecule has 4 heteroatoms. The van der Waals surface area contributed by atoms with Crippen LogP contribution in [0, 0.1) is 16.7 Å². The smallest absolute Gasteiger partial charge is 0.343 e. The monoisotopic (exact) mass is 340 g/mol. The van der Waals surface area contributed by atoms with E-state index in [4.69, 9.17) is 0 Å². The zero-order chi connectivity index (χ0) is 19.1. The van der Waals surface area contributed by atoms with E-state index in [-0.39, 0.29) is 5.92 Å². The highest BCUT2D eigenvalue weighted by molar-refractivity contribution is 6.13. The minimum Gasteiger partial charge on any atom is -0.477 e. The number of rotatable bonds is 10. The van der Waals surface area contributed by atoms with Crippen LogP contribution < -0.4 is 0 Å². The van der Waals surface area contributed by atoms with Crippen LogP contribution in [0.4, 0.5) is 0 Å². The van der Waals surface area contributed by atoms with E-state index in [9.17, 15) is 19.8 Å². The number of carboxylic acid groups (broad SMARTS) is 2. The Morgan fingerprint density at radius 3 is 1.46 bits per heavy atom. The predicted molar refractivity (Wildman–Crippen MR) is 98.1 cm³/mol. The lowest BCUT2D eigenvalue weighted by molar-refractivity contribution is -0.140. The first-order valence-electron chi connectivity index (χ1n) is 9.12. The lowest BCUT2D eigenvalue weighted by Gasteiger charge is -2.43. The summed E-state index contributed by atoms with van der Waals surface area (Å²) in [5.74, 6) is -2.41. The summed E-state index contributed by atoms with van der Waals surface area (Å²) in [6.07, 6.45) is 6.30. The Morgan fingerprint density at radius 2 is 1.21 bits per heavy atom. The number of carbonyl (C=O) groups is 2. The van der Waals surface area contributed by atoms with Gasteiger partial charge in [-0.3, -0.25) is 0 Å². The molecule has 0 aliphatic heterocycles. The van der Waals surface area contributed by atoms with Crippen LogP contribution in [0.5, 0.6) is 0 Å². The summed E-state index contributed by atoms with van der Waals surface area (Å²) < 4.78 is 0. The van der Waals surface area contributed by atoms with E-state index in [1.807, 2.05) is 34.6 Å². The van der Waals surface area contributed by atoms with Gasteiger partial charge in [-0.2, -0.15) is 0 Å². The Hall–Kier alpha value is -1.32. The van der Waals surface area contributed by atoms with Gasteiger partial charge < -0.3 is 10.2 Å². The van der Waals surface area contributed by atoms with Crippen molar-refractivity contribution in [2.24, 2.45) is 16.7 Å². The van der Waals surface area contributed by atoms with E-state index in [0.29, 0.717) is 5.57 Å². The summed E-state index contributed by atoms with van der Waals surface area (Å²) in [6, 6.07) is 0. The Morgan fingerprint density at radius 1 is 0.833 bits per heavy atom. The number of aliphatic carboxylic acids is 2. The molecule has 0 radical (unpaired) electrons. The molecule has 24 heavy (non-hydrogen) atoms. The Kier molecular flexibility index (Phi) is 8.73. The van der Waals surface area contributed by atoms with Gasteiger partial charge in [0.1, 0.15) is 5.57 Å². The predicted octanol–water partition coefficient (Wildman–Crippen LogP) is 5.52. The van der Waals surface area contributed by atoms with Gasteiger partial charge in [0.2, 0.25) is 0 Å². The van der Waals surface area contributed by atoms with Crippen molar-refractivity contribution in [3.05, 3.63) is 11.1 Å². The van der Waals surface area contributed by atoms with Crippen molar-refractivity contribution in [2.75, 3.05) is 0 Å². The molecule has 0 aliphatic rings. The summed E-state index contributed by atoms with van der Waals surface area (Å²) in [4.78, 5) is 23.4. The highest BCUT2D eigenvalue weighted by Crippen LogP contribution is 2.49. The Labute approximate surface area is 147 Å². The van der Waals surface area contributed by atoms with Crippen LogP contribution in [0.25, 0.3) is 0 Å². The molecule has 0 bridgehead atoms. The molecule has 2 N–H and O–H groups in total. The van der Waals surface area contributed by atoms with E-state index >= 15 is 0 Å². The molecule has 0 saturated carbocycles. The second-order valence-electron chi connectivity index (χ2n) is 8.31. The molecule has 0 fully saturated rings. The number of unbranched alkanes of at least 4 members (excludes halogenated alkanes) is 2. The molecule has 0 saturated heterocycles. The quantitative estimate of drug-likeness (QED) is 0.312. The van der Waals surface area contributed by atoms with Crippen molar-refractivity contribution in [1.29, 1.82) is 0 Å². The maximum absolute atomic E-state index is 11.7. The number of hydrogen-bond acceptors (Lipinski definition) is 2. The Bertz CT molecular complexity index is 443. The fourth-order valence-corrected chi connectivity index (χ4v) is 3.94. The molecule has 0 aromatic carbocycles. The third-order valence-corrected chi connectivity index (χ3v) is 4.90. The van der Waals surface area contributed by atoms with Crippen LogP contribution in [0.1, 0.15) is 87.0 Å². The van der Waals surface area contributed by atoms with Crippen LogP contribution in [-0.4, -0.2) is 22.2 Å². The normalized spacial score (nSPS) is 12.3. The molecule has 0 spiro atoms. The maximum atomic E-state index is 11.7. The first-order valence-corrected chi connectivity index (χ1v) is 9.12. The van der Waals surface area contributed by atoms with Gasteiger partial charge in [0.15, 0.2) is 0 Å². The second-order valence-corrected chi connectivity index (χ2v) is 8.31. The molecule has 0 aromatic heterocycles. The summed E-state index contributed by atoms with van der Waals surface area (Å²) in [5, 5.41) is 19.1. The van der Waals surface area contributed by atoms with E-state index in [1.165, 1.54) is 0 Å². The zero-order valence-corrected chi connectivity index (χ0v) is 16.5. The average Bonchev–Trinajstić information content (AvgIpc) is 2.42. The fourth-order valence-electron chi connectivity index (χ4n) is 3.94. The summed E-state index contributed by atoms with van der Waals surface area (Å²) >= 11 is 0. The largest absolute Gasteiger partial charge is 0.477 e. The van der Waals surface area contributed by atoms with Crippen molar-refractivity contribution in [3.63, 3.8) is 0 Å². The van der Waals surface area contributed by atoms with E-state index in [0.717, 1.165) is 38.5 Å². The van der Waals surface area contributed by atoms with E-state index < -0.39 is 28.3 Å². The second kappa shape index (κ2) is 9.24. The molecule has 0 aliphatic carbocycles. The van der Waals surface area contributed by atoms with Crippen molar-refractivity contribution in [3.8, 4) is 0 Å². The molecular formula is C20H36O4.